The van der Waals surface area contributed by atoms with Gasteiger partial charge in [0.15, 0.2) is 5.82 Å². The zero-order chi connectivity index (χ0) is 27.3. The van der Waals surface area contributed by atoms with Crippen molar-refractivity contribution in [2.75, 3.05) is 0 Å². The minimum absolute atomic E-state index is 0.0840. The minimum Gasteiger partial charge on any atom is -0.391 e. The Hall–Kier alpha value is -4.76. The van der Waals surface area contributed by atoms with Crippen molar-refractivity contribution in [1.82, 2.24) is 29.5 Å². The van der Waals surface area contributed by atoms with E-state index < -0.39 is 18.0 Å². The van der Waals surface area contributed by atoms with E-state index in [1.165, 1.54) is 18.5 Å². The summed E-state index contributed by atoms with van der Waals surface area (Å²) < 4.78 is 17.8. The van der Waals surface area contributed by atoms with Crippen molar-refractivity contribution in [3.63, 3.8) is 0 Å². The van der Waals surface area contributed by atoms with Gasteiger partial charge in [0.05, 0.1) is 35.1 Å². The predicted octanol–water partition coefficient (Wildman–Crippen LogP) is 5.11. The minimum atomic E-state index is -0.659. The van der Waals surface area contributed by atoms with E-state index in [1.807, 2.05) is 57.2 Å². The summed E-state index contributed by atoms with van der Waals surface area (Å²) in [5.74, 6) is -0.522. The van der Waals surface area contributed by atoms with Crippen LogP contribution in [0.4, 0.5) is 4.39 Å². The number of para-hydroxylation sites is 1. The van der Waals surface area contributed by atoms with E-state index in [2.05, 4.69) is 15.1 Å². The zero-order valence-electron chi connectivity index (χ0n) is 21.6. The fraction of sp³-hybridized carbons (Fsp3) is 0.167. The molecule has 0 atom stereocenters. The lowest BCUT2D eigenvalue weighted by molar-refractivity contribution is 0.280. The monoisotopic (exact) mass is 520 g/mol. The summed E-state index contributed by atoms with van der Waals surface area (Å²) in [7, 11) is 0. The summed E-state index contributed by atoms with van der Waals surface area (Å²) >= 11 is 0. The third-order valence-corrected chi connectivity index (χ3v) is 6.79. The summed E-state index contributed by atoms with van der Waals surface area (Å²) in [5, 5.41) is 20.6. The molecule has 4 aromatic heterocycles. The molecule has 0 unspecified atom stereocenters. The Labute approximate surface area is 223 Å². The molecule has 0 fully saturated rings. The van der Waals surface area contributed by atoms with Crippen molar-refractivity contribution in [3.05, 3.63) is 107 Å². The van der Waals surface area contributed by atoms with Gasteiger partial charge in [0.2, 0.25) is 0 Å². The van der Waals surface area contributed by atoms with Crippen LogP contribution in [-0.2, 0) is 12.0 Å². The largest absolute Gasteiger partial charge is 0.391 e. The van der Waals surface area contributed by atoms with E-state index in [0.29, 0.717) is 22.3 Å². The molecular formula is C30H25FN6O2. The maximum atomic E-state index is 15.2. The fourth-order valence-electron chi connectivity index (χ4n) is 4.66. The summed E-state index contributed by atoms with van der Waals surface area (Å²) in [6, 6.07) is 16.5. The number of aliphatic hydroxyl groups excluding tert-OH is 1. The molecule has 8 nitrogen and oxygen atoms in total. The summed E-state index contributed by atoms with van der Waals surface area (Å²) in [6.07, 6.45) is 6.47. The number of fused-ring (bicyclic) bond motifs is 2. The number of aromatic nitrogens is 6. The summed E-state index contributed by atoms with van der Waals surface area (Å²) in [6.45, 7) is 5.48. The van der Waals surface area contributed by atoms with Crippen molar-refractivity contribution in [2.24, 2.45) is 0 Å². The number of nitrogens with zero attached hydrogens (tertiary/aromatic N) is 6. The van der Waals surface area contributed by atoms with Gasteiger partial charge in [-0.2, -0.15) is 14.9 Å². The van der Waals surface area contributed by atoms with Crippen LogP contribution in [-0.4, -0.2) is 34.6 Å². The maximum Gasteiger partial charge on any atom is 0.283 e. The van der Waals surface area contributed by atoms with E-state index in [-0.39, 0.29) is 16.6 Å². The maximum absolute atomic E-state index is 15.2. The first kappa shape index (κ1) is 24.6. The van der Waals surface area contributed by atoms with Gasteiger partial charge in [-0.1, -0.05) is 39.0 Å². The van der Waals surface area contributed by atoms with E-state index in [1.54, 1.807) is 29.2 Å². The van der Waals surface area contributed by atoms with Crippen LogP contribution in [0.2, 0.25) is 0 Å². The van der Waals surface area contributed by atoms with Crippen molar-refractivity contribution in [1.29, 1.82) is 0 Å². The van der Waals surface area contributed by atoms with Crippen LogP contribution in [0.25, 0.3) is 44.4 Å². The van der Waals surface area contributed by atoms with Crippen LogP contribution in [0, 0.1) is 5.82 Å². The Balaban J connectivity index is 1.45. The molecule has 0 saturated carbocycles. The molecule has 2 aromatic carbocycles. The highest BCUT2D eigenvalue weighted by Crippen LogP contribution is 2.28. The number of benzene rings is 2. The van der Waals surface area contributed by atoms with Gasteiger partial charge in [-0.3, -0.25) is 9.78 Å². The van der Waals surface area contributed by atoms with Crippen LogP contribution >= 0.6 is 0 Å². The van der Waals surface area contributed by atoms with Gasteiger partial charge in [-0.05, 0) is 47.4 Å². The Morgan fingerprint density at radius 1 is 0.974 bits per heavy atom. The van der Waals surface area contributed by atoms with E-state index in [0.717, 1.165) is 26.7 Å². The number of hydrogen-bond donors (Lipinski definition) is 1. The molecule has 39 heavy (non-hydrogen) atoms. The van der Waals surface area contributed by atoms with Crippen LogP contribution < -0.4 is 5.56 Å². The highest BCUT2D eigenvalue weighted by Gasteiger charge is 2.21. The molecule has 0 saturated heterocycles. The second-order valence-electron chi connectivity index (χ2n) is 10.4. The Morgan fingerprint density at radius 2 is 1.79 bits per heavy atom. The number of hydrogen-bond acceptors (Lipinski definition) is 6. The number of halogens is 1. The first-order chi connectivity index (χ1) is 18.7. The molecule has 1 N–H and O–H groups in total. The van der Waals surface area contributed by atoms with E-state index in [4.69, 9.17) is 5.10 Å². The summed E-state index contributed by atoms with van der Waals surface area (Å²) in [5.41, 5.74) is 3.06. The van der Waals surface area contributed by atoms with E-state index >= 15 is 4.39 Å². The van der Waals surface area contributed by atoms with Crippen molar-refractivity contribution in [3.8, 4) is 22.8 Å². The molecular weight excluding hydrogens is 495 g/mol. The van der Waals surface area contributed by atoms with Crippen molar-refractivity contribution < 1.29 is 9.50 Å². The number of aliphatic hydroxyl groups is 1. The lowest BCUT2D eigenvalue weighted by atomic mass is 9.86. The molecule has 0 aliphatic rings. The summed E-state index contributed by atoms with van der Waals surface area (Å²) in [4.78, 5) is 22.3. The van der Waals surface area contributed by atoms with Crippen molar-refractivity contribution >= 4 is 21.7 Å². The molecule has 6 aromatic rings. The van der Waals surface area contributed by atoms with E-state index in [9.17, 15) is 9.90 Å². The van der Waals surface area contributed by atoms with Crippen LogP contribution in [0.1, 0.15) is 31.9 Å². The Kier molecular flexibility index (Phi) is 5.80. The third kappa shape index (κ3) is 4.26. The predicted molar refractivity (Wildman–Crippen MR) is 148 cm³/mol. The molecule has 194 valence electrons. The highest BCUT2D eigenvalue weighted by atomic mass is 19.1. The molecule has 0 radical (unpaired) electrons. The van der Waals surface area contributed by atoms with Crippen LogP contribution in [0.15, 0.2) is 84.2 Å². The van der Waals surface area contributed by atoms with Crippen LogP contribution in [0.3, 0.4) is 0 Å². The van der Waals surface area contributed by atoms with Gasteiger partial charge < -0.3 is 5.11 Å². The topological polar surface area (TPSA) is 98.7 Å². The zero-order valence-corrected chi connectivity index (χ0v) is 21.6. The number of rotatable bonds is 4. The molecule has 6 rings (SSSR count). The van der Waals surface area contributed by atoms with Gasteiger partial charge in [-0.15, -0.1) is 0 Å². The third-order valence-electron chi connectivity index (χ3n) is 6.79. The van der Waals surface area contributed by atoms with Gasteiger partial charge in [0.25, 0.3) is 5.56 Å². The lowest BCUT2D eigenvalue weighted by Crippen LogP contribution is -2.25. The van der Waals surface area contributed by atoms with Gasteiger partial charge >= 0.3 is 0 Å². The average Bonchev–Trinajstić information content (AvgIpc) is 3.42. The molecule has 0 bridgehead atoms. The van der Waals surface area contributed by atoms with Gasteiger partial charge in [-0.25, -0.2) is 14.1 Å². The molecule has 0 aliphatic carbocycles. The quantitative estimate of drug-likeness (QED) is 0.347. The van der Waals surface area contributed by atoms with Crippen LogP contribution in [0.5, 0.6) is 0 Å². The molecule has 0 amide bonds. The molecule has 0 aliphatic heterocycles. The average molecular weight is 521 g/mol. The second kappa shape index (κ2) is 9.21. The number of pyridine rings is 2. The normalized spacial score (nSPS) is 11.9. The standard InChI is InChI=1S/C30H25FN6O2/c1-30(2,3)21-13-20-16-34-37(29(39)27(20)23(31)14-21)28-22(17-38)26(8-10-32-28)36-11-9-25(35-36)19-12-18-6-4-5-7-24(18)33-15-19/h4-16,38H,17H2,1-3H3. The second-order valence-corrected chi connectivity index (χ2v) is 10.4. The highest BCUT2D eigenvalue weighted by molar-refractivity contribution is 5.83. The molecule has 0 spiro atoms. The fourth-order valence-corrected chi connectivity index (χ4v) is 4.66. The SMILES string of the molecule is CC(C)(C)c1cc(F)c2c(=O)n(-c3nccc(-n4ccc(-c5cnc6ccccc6c5)n4)c3CO)ncc2c1. The Morgan fingerprint density at radius 3 is 2.59 bits per heavy atom. The van der Waals surface area contributed by atoms with Gasteiger partial charge in [0.1, 0.15) is 5.82 Å². The molecule has 4 heterocycles. The Bertz CT molecular complexity index is 1940. The first-order valence-electron chi connectivity index (χ1n) is 12.5. The first-order valence-corrected chi connectivity index (χ1v) is 12.5. The smallest absolute Gasteiger partial charge is 0.283 e. The van der Waals surface area contributed by atoms with Crippen molar-refractivity contribution in [2.45, 2.75) is 32.8 Å². The molecule has 9 heteroatoms. The van der Waals surface area contributed by atoms with Gasteiger partial charge in [0, 0.05) is 40.5 Å². The lowest BCUT2D eigenvalue weighted by Gasteiger charge is -2.20.